The Hall–Kier alpha value is -2.65. The fraction of sp³-hybridized carbons (Fsp3) is 0.118. The molecule has 6 nitrogen and oxygen atoms in total. The van der Waals surface area contributed by atoms with Gasteiger partial charge in [-0.1, -0.05) is 30.9 Å². The van der Waals surface area contributed by atoms with Gasteiger partial charge >= 0.3 is 0 Å². The van der Waals surface area contributed by atoms with E-state index in [1.54, 1.807) is 30.4 Å². The zero-order valence-corrected chi connectivity index (χ0v) is 15.6. The quantitative estimate of drug-likeness (QED) is 0.632. The van der Waals surface area contributed by atoms with E-state index in [-0.39, 0.29) is 22.5 Å². The number of hydrogen-bond acceptors (Lipinski definition) is 4. The number of nitrogens with one attached hydrogen (secondary N) is 1. The first kappa shape index (κ1) is 19.7. The molecular weight excluding hydrogens is 375 g/mol. The predicted octanol–water partition coefficient (Wildman–Crippen LogP) is 2.94. The number of sulfonamides is 1. The highest BCUT2D eigenvalue weighted by Gasteiger charge is 2.26. The Balaban J connectivity index is 2.15. The Labute approximate surface area is 157 Å². The lowest BCUT2D eigenvalue weighted by atomic mass is 10.3. The topological polar surface area (TPSA) is 74.1 Å². The summed E-state index contributed by atoms with van der Waals surface area (Å²) < 4.78 is 40.1. The van der Waals surface area contributed by atoms with Gasteiger partial charge < -0.3 is 5.32 Å². The van der Waals surface area contributed by atoms with Crippen molar-refractivity contribution in [2.75, 3.05) is 6.67 Å². The minimum absolute atomic E-state index is 0.0142. The summed E-state index contributed by atoms with van der Waals surface area (Å²) in [5.74, 6) is -1.04. The van der Waals surface area contributed by atoms with Crippen LogP contribution in [0.25, 0.3) is 0 Å². The van der Waals surface area contributed by atoms with Crippen LogP contribution in [-0.4, -0.2) is 36.1 Å². The number of aliphatic imine (C=N–C) groups is 2. The molecule has 0 atom stereocenters. The molecule has 0 fully saturated rings. The van der Waals surface area contributed by atoms with Crippen molar-refractivity contribution in [3.05, 3.63) is 67.2 Å². The smallest absolute Gasteiger partial charge is 0.265 e. The van der Waals surface area contributed by atoms with Gasteiger partial charge in [0.1, 0.15) is 6.67 Å². The summed E-state index contributed by atoms with van der Waals surface area (Å²) in [7, 11) is -3.88. The minimum Gasteiger partial charge on any atom is -0.313 e. The van der Waals surface area contributed by atoms with Crippen molar-refractivity contribution >= 4 is 38.9 Å². The van der Waals surface area contributed by atoms with Gasteiger partial charge in [-0.3, -0.25) is 0 Å². The molecule has 0 unspecified atom stereocenters. The van der Waals surface area contributed by atoms with Crippen molar-refractivity contribution in [1.82, 2.24) is 9.62 Å². The van der Waals surface area contributed by atoms with Crippen LogP contribution in [0.3, 0.4) is 0 Å². The zero-order chi connectivity index (χ0) is 19.2. The molecule has 0 saturated heterocycles. The van der Waals surface area contributed by atoms with E-state index in [9.17, 15) is 12.8 Å². The highest BCUT2D eigenvalue weighted by molar-refractivity contribution is 7.89. The number of benzene rings is 1. The highest BCUT2D eigenvalue weighted by atomic mass is 32.2. The number of halogens is 1. The Morgan fingerprint density at radius 3 is 2.69 bits per heavy atom. The predicted molar refractivity (Wildman–Crippen MR) is 105 cm³/mol. The first-order chi connectivity index (χ1) is 12.4. The summed E-state index contributed by atoms with van der Waals surface area (Å²) in [6, 6.07) is 7.73. The van der Waals surface area contributed by atoms with E-state index in [4.69, 9.17) is 12.2 Å². The number of thiocarbonyl (C=S) groups is 1. The van der Waals surface area contributed by atoms with Crippen LogP contribution in [0.5, 0.6) is 0 Å². The molecule has 1 aromatic carbocycles. The average Bonchev–Trinajstić information content (AvgIpc) is 2.63. The number of hydrogen-bond donors (Lipinski definition) is 1. The van der Waals surface area contributed by atoms with E-state index in [1.807, 2.05) is 6.92 Å². The molecule has 0 aliphatic carbocycles. The normalized spacial score (nSPS) is 15.5. The molecule has 1 aliphatic rings. The molecular formula is C17H17FN4O2S2. The molecule has 136 valence electrons. The van der Waals surface area contributed by atoms with Gasteiger partial charge in [0.2, 0.25) is 0 Å². The molecule has 26 heavy (non-hydrogen) atoms. The van der Waals surface area contributed by atoms with Gasteiger partial charge in [-0.2, -0.15) is 0 Å². The van der Waals surface area contributed by atoms with Gasteiger partial charge in [0.05, 0.1) is 16.8 Å². The van der Waals surface area contributed by atoms with Gasteiger partial charge in [0.25, 0.3) is 10.0 Å². The molecule has 9 heteroatoms. The van der Waals surface area contributed by atoms with E-state index in [0.717, 1.165) is 10.5 Å². The van der Waals surface area contributed by atoms with Gasteiger partial charge in [-0.05, 0) is 43.4 Å². The summed E-state index contributed by atoms with van der Waals surface area (Å²) in [5, 5.41) is 2.54. The Morgan fingerprint density at radius 1 is 1.42 bits per heavy atom. The number of allylic oxidation sites excluding steroid dienone is 3. The largest absolute Gasteiger partial charge is 0.313 e. The molecule has 1 aliphatic heterocycles. The van der Waals surface area contributed by atoms with Crippen molar-refractivity contribution < 1.29 is 12.8 Å². The van der Waals surface area contributed by atoms with E-state index in [1.165, 1.54) is 18.2 Å². The summed E-state index contributed by atoms with van der Waals surface area (Å²) in [6.07, 6.45) is 5.81. The lowest BCUT2D eigenvalue weighted by Crippen LogP contribution is -2.36. The number of nitrogens with zero attached hydrogens (tertiary/aromatic N) is 3. The maximum atomic E-state index is 14.3. The zero-order valence-electron chi connectivity index (χ0n) is 14.0. The van der Waals surface area contributed by atoms with Crippen molar-refractivity contribution in [1.29, 1.82) is 0 Å². The minimum atomic E-state index is -3.88. The molecule has 0 radical (unpaired) electrons. The van der Waals surface area contributed by atoms with Gasteiger partial charge in [-0.25, -0.2) is 27.1 Å². The monoisotopic (exact) mass is 392 g/mol. The summed E-state index contributed by atoms with van der Waals surface area (Å²) in [4.78, 5) is 8.02. The second-order valence-electron chi connectivity index (χ2n) is 5.00. The van der Waals surface area contributed by atoms with Gasteiger partial charge in [0.15, 0.2) is 16.8 Å². The van der Waals surface area contributed by atoms with Crippen LogP contribution in [0.15, 0.2) is 82.0 Å². The lowest BCUT2D eigenvalue weighted by molar-refractivity contribution is 0.487. The second-order valence-corrected chi connectivity index (χ2v) is 7.28. The van der Waals surface area contributed by atoms with Crippen LogP contribution in [0.2, 0.25) is 0 Å². The highest BCUT2D eigenvalue weighted by Crippen LogP contribution is 2.19. The van der Waals surface area contributed by atoms with Gasteiger partial charge in [0, 0.05) is 0 Å². The molecule has 0 spiro atoms. The Bertz CT molecular complexity index is 919. The van der Waals surface area contributed by atoms with Crippen LogP contribution >= 0.6 is 12.2 Å². The van der Waals surface area contributed by atoms with Crippen molar-refractivity contribution in [3.63, 3.8) is 0 Å². The fourth-order valence-corrected chi connectivity index (χ4v) is 3.40. The van der Waals surface area contributed by atoms with Crippen molar-refractivity contribution in [2.45, 2.75) is 11.8 Å². The standard InChI is InChI=1S/C17H17FN4O2S2/c1-3-8-13(4-2)20-17(25)21-16-15(18)11-22(12-19-16)26(23,24)14-9-6-5-7-10-14/h3-11H,2,12H2,1H3,(H,19,21,25)/b8-3-,20-13?. The molecule has 1 N–H and O–H groups in total. The molecule has 1 aromatic rings. The summed E-state index contributed by atoms with van der Waals surface area (Å²) >= 11 is 5.04. The fourth-order valence-electron chi connectivity index (χ4n) is 1.99. The van der Waals surface area contributed by atoms with Crippen molar-refractivity contribution in [2.24, 2.45) is 9.98 Å². The lowest BCUT2D eigenvalue weighted by Gasteiger charge is -2.22. The van der Waals surface area contributed by atoms with Gasteiger partial charge in [-0.15, -0.1) is 0 Å². The maximum absolute atomic E-state index is 14.3. The molecule has 0 saturated carbocycles. The van der Waals surface area contributed by atoms with E-state index >= 15 is 0 Å². The SMILES string of the molecule is C=CC(/C=C\C)=NC(=S)NC1=NCN(S(=O)(=O)c2ccccc2)C=C1F. The average molecular weight is 392 g/mol. The first-order valence-corrected chi connectivity index (χ1v) is 9.37. The molecule has 1 heterocycles. The number of amidine groups is 1. The maximum Gasteiger partial charge on any atom is 0.265 e. The van der Waals surface area contributed by atoms with E-state index < -0.39 is 15.9 Å². The third-order valence-electron chi connectivity index (χ3n) is 3.20. The van der Waals surface area contributed by atoms with Crippen LogP contribution in [-0.2, 0) is 10.0 Å². The van der Waals surface area contributed by atoms with Crippen molar-refractivity contribution in [3.8, 4) is 0 Å². The summed E-state index contributed by atoms with van der Waals surface area (Å²) in [5.41, 5.74) is 0.499. The van der Waals surface area contributed by atoms with Crippen LogP contribution in [0, 0.1) is 0 Å². The molecule has 0 bridgehead atoms. The Morgan fingerprint density at radius 2 is 2.12 bits per heavy atom. The third-order valence-corrected chi connectivity index (χ3v) is 5.10. The molecule has 2 rings (SSSR count). The Kier molecular flexibility index (Phi) is 6.53. The van der Waals surface area contributed by atoms with E-state index in [2.05, 4.69) is 21.9 Å². The first-order valence-electron chi connectivity index (χ1n) is 7.52. The van der Waals surface area contributed by atoms with Crippen LogP contribution in [0.4, 0.5) is 4.39 Å². The third kappa shape index (κ3) is 4.70. The van der Waals surface area contributed by atoms with Crippen LogP contribution in [0.1, 0.15) is 6.92 Å². The summed E-state index contributed by atoms with van der Waals surface area (Å²) in [6.45, 7) is 5.14. The molecule has 0 amide bonds. The second kappa shape index (κ2) is 8.63. The van der Waals surface area contributed by atoms with Crippen LogP contribution < -0.4 is 5.32 Å². The number of rotatable bonds is 4. The van der Waals surface area contributed by atoms with E-state index in [0.29, 0.717) is 5.71 Å². The molecule has 0 aromatic heterocycles.